The third-order valence-corrected chi connectivity index (χ3v) is 5.55. The first-order chi connectivity index (χ1) is 12.7. The monoisotopic (exact) mass is 390 g/mol. The van der Waals surface area contributed by atoms with E-state index in [1.165, 1.54) is 0 Å². The Bertz CT molecular complexity index is 717. The van der Waals surface area contributed by atoms with E-state index in [-0.39, 0.29) is 24.2 Å². The highest BCUT2D eigenvalue weighted by molar-refractivity contribution is 7.09. The summed E-state index contributed by atoms with van der Waals surface area (Å²) in [5, 5.41) is 2.01. The molecular weight excluding hydrogens is 368 g/mol. The van der Waals surface area contributed by atoms with Gasteiger partial charge in [0.1, 0.15) is 5.88 Å². The van der Waals surface area contributed by atoms with Crippen molar-refractivity contribution in [1.82, 2.24) is 9.80 Å². The smallest absolute Gasteiger partial charge is 0.242 e. The normalized spacial score (nSPS) is 13.4. The lowest BCUT2D eigenvalue weighted by molar-refractivity contribution is -0.140. The molecule has 4 nitrogen and oxygen atoms in total. The zero-order valence-electron chi connectivity index (χ0n) is 14.6. The number of carbonyl (C=O) groups excluding carboxylic acids is 2. The predicted molar refractivity (Wildman–Crippen MR) is 105 cm³/mol. The van der Waals surface area contributed by atoms with Crippen LogP contribution in [0.1, 0.15) is 23.3 Å². The minimum atomic E-state index is -0.164. The van der Waals surface area contributed by atoms with Crippen LogP contribution in [-0.4, -0.2) is 40.6 Å². The maximum absolute atomic E-state index is 13.0. The Morgan fingerprint density at radius 1 is 1.00 bits per heavy atom. The highest BCUT2D eigenvalue weighted by atomic mass is 35.5. The molecule has 1 fully saturated rings. The number of halogens is 1. The van der Waals surface area contributed by atoms with Crippen molar-refractivity contribution in [3.8, 4) is 0 Å². The van der Waals surface area contributed by atoms with Crippen molar-refractivity contribution in [3.05, 3.63) is 58.3 Å². The van der Waals surface area contributed by atoms with Gasteiger partial charge >= 0.3 is 0 Å². The molecule has 0 saturated heterocycles. The Morgan fingerprint density at radius 2 is 1.77 bits per heavy atom. The van der Waals surface area contributed by atoms with Gasteiger partial charge in [0.25, 0.3) is 0 Å². The third kappa shape index (κ3) is 5.58. The molecule has 0 bridgehead atoms. The molecule has 1 aromatic heterocycles. The lowest BCUT2D eigenvalue weighted by atomic mass is 10.2. The van der Waals surface area contributed by atoms with Crippen LogP contribution in [0.15, 0.2) is 47.8 Å². The highest BCUT2D eigenvalue weighted by Crippen LogP contribution is 2.29. The first-order valence-corrected chi connectivity index (χ1v) is 10.2. The van der Waals surface area contributed by atoms with Crippen molar-refractivity contribution in [1.29, 1.82) is 0 Å². The maximum Gasteiger partial charge on any atom is 0.242 e. The molecule has 0 aliphatic heterocycles. The van der Waals surface area contributed by atoms with E-state index in [1.54, 1.807) is 16.2 Å². The molecule has 2 amide bonds. The van der Waals surface area contributed by atoms with Crippen molar-refractivity contribution in [2.45, 2.75) is 25.9 Å². The van der Waals surface area contributed by atoms with E-state index in [0.717, 1.165) is 23.3 Å². The average molecular weight is 391 g/mol. The van der Waals surface area contributed by atoms with E-state index in [1.807, 2.05) is 52.7 Å². The summed E-state index contributed by atoms with van der Waals surface area (Å²) >= 11 is 7.38. The fourth-order valence-corrected chi connectivity index (χ4v) is 3.73. The Kier molecular flexibility index (Phi) is 6.69. The fraction of sp³-hybridized carbons (Fsp3) is 0.400. The minimum absolute atomic E-state index is 0.0404. The van der Waals surface area contributed by atoms with Gasteiger partial charge in [0.15, 0.2) is 0 Å². The van der Waals surface area contributed by atoms with Crippen LogP contribution in [0.3, 0.4) is 0 Å². The van der Waals surface area contributed by atoms with Crippen molar-refractivity contribution < 1.29 is 9.59 Å². The fourth-order valence-electron chi connectivity index (χ4n) is 2.84. The summed E-state index contributed by atoms with van der Waals surface area (Å²) in [5.74, 6) is 0.239. The molecule has 2 aromatic rings. The first kappa shape index (κ1) is 18.9. The van der Waals surface area contributed by atoms with Gasteiger partial charge in [-0.2, -0.15) is 0 Å². The number of rotatable bonds is 9. The van der Waals surface area contributed by atoms with E-state index in [9.17, 15) is 9.59 Å². The summed E-state index contributed by atoms with van der Waals surface area (Å²) in [6, 6.07) is 14.0. The van der Waals surface area contributed by atoms with Gasteiger partial charge in [0.05, 0.1) is 13.1 Å². The molecule has 138 valence electrons. The van der Waals surface area contributed by atoms with Crippen LogP contribution >= 0.6 is 22.9 Å². The van der Waals surface area contributed by atoms with Gasteiger partial charge in [0.2, 0.25) is 11.8 Å². The average Bonchev–Trinajstić information content (AvgIpc) is 3.33. The summed E-state index contributed by atoms with van der Waals surface area (Å²) < 4.78 is 0. The first-order valence-electron chi connectivity index (χ1n) is 8.83. The lowest BCUT2D eigenvalue weighted by Crippen LogP contribution is -2.43. The van der Waals surface area contributed by atoms with Crippen LogP contribution in [0.25, 0.3) is 0 Å². The molecule has 1 saturated carbocycles. The van der Waals surface area contributed by atoms with Gasteiger partial charge in [-0.1, -0.05) is 36.4 Å². The second-order valence-electron chi connectivity index (χ2n) is 6.67. The molecule has 26 heavy (non-hydrogen) atoms. The molecule has 1 aliphatic carbocycles. The Morgan fingerprint density at radius 3 is 2.38 bits per heavy atom. The van der Waals surface area contributed by atoms with Crippen molar-refractivity contribution in [2.75, 3.05) is 19.0 Å². The molecule has 0 N–H and O–H groups in total. The molecule has 0 spiro atoms. The zero-order chi connectivity index (χ0) is 18.4. The minimum Gasteiger partial charge on any atom is -0.332 e. The molecular formula is C20H23ClN2O2S. The number of hydrogen-bond donors (Lipinski definition) is 0. The number of hydrogen-bond acceptors (Lipinski definition) is 3. The van der Waals surface area contributed by atoms with E-state index < -0.39 is 0 Å². The Balaban J connectivity index is 1.70. The van der Waals surface area contributed by atoms with Gasteiger partial charge in [-0.25, -0.2) is 0 Å². The maximum atomic E-state index is 13.0. The van der Waals surface area contributed by atoms with Gasteiger partial charge in [-0.3, -0.25) is 9.59 Å². The second kappa shape index (κ2) is 9.19. The number of thiophene rings is 1. The summed E-state index contributed by atoms with van der Waals surface area (Å²) in [7, 11) is 0. The van der Waals surface area contributed by atoms with Crippen LogP contribution in [0.5, 0.6) is 0 Å². The summed E-state index contributed by atoms with van der Waals surface area (Å²) in [6.45, 7) is 1.82. The second-order valence-corrected chi connectivity index (χ2v) is 7.97. The standard InChI is InChI=1S/C20H23ClN2O2S/c21-11-19(24)23(13-17-8-9-17)15-20(25)22(14-18-7-4-10-26-18)12-16-5-2-1-3-6-16/h1-7,10,17H,8-9,11-15H2. The van der Waals surface area contributed by atoms with Crippen molar-refractivity contribution in [3.63, 3.8) is 0 Å². The van der Waals surface area contributed by atoms with E-state index in [2.05, 4.69) is 0 Å². The SMILES string of the molecule is O=C(CN(CC1CC1)C(=O)CCl)N(Cc1ccccc1)Cc1cccs1. The van der Waals surface area contributed by atoms with E-state index >= 15 is 0 Å². The largest absolute Gasteiger partial charge is 0.332 e. The van der Waals surface area contributed by atoms with Crippen LogP contribution in [0, 0.1) is 5.92 Å². The van der Waals surface area contributed by atoms with Crippen LogP contribution in [-0.2, 0) is 22.7 Å². The molecule has 0 radical (unpaired) electrons. The molecule has 6 heteroatoms. The van der Waals surface area contributed by atoms with Gasteiger partial charge in [0, 0.05) is 18.0 Å². The van der Waals surface area contributed by atoms with Gasteiger partial charge in [-0.15, -0.1) is 22.9 Å². The number of benzene rings is 1. The molecule has 3 rings (SSSR count). The summed E-state index contributed by atoms with van der Waals surface area (Å²) in [6.07, 6.45) is 2.26. The lowest BCUT2D eigenvalue weighted by Gasteiger charge is -2.27. The van der Waals surface area contributed by atoms with Crippen molar-refractivity contribution >= 4 is 34.8 Å². The Hall–Kier alpha value is -1.85. The predicted octanol–water partition coefficient (Wildman–Crippen LogP) is 3.75. The quantitative estimate of drug-likeness (QED) is 0.612. The topological polar surface area (TPSA) is 40.6 Å². The van der Waals surface area contributed by atoms with Crippen LogP contribution in [0.2, 0.25) is 0 Å². The molecule has 1 aromatic carbocycles. The van der Waals surface area contributed by atoms with E-state index in [4.69, 9.17) is 11.6 Å². The van der Waals surface area contributed by atoms with E-state index in [0.29, 0.717) is 25.6 Å². The molecule has 1 aliphatic rings. The van der Waals surface area contributed by atoms with Gasteiger partial charge < -0.3 is 9.80 Å². The van der Waals surface area contributed by atoms with Crippen molar-refractivity contribution in [2.24, 2.45) is 5.92 Å². The summed E-state index contributed by atoms with van der Waals surface area (Å²) in [5.41, 5.74) is 1.08. The number of carbonyl (C=O) groups is 2. The number of alkyl halides is 1. The molecule has 0 unspecified atom stereocenters. The molecule has 0 atom stereocenters. The number of amides is 2. The highest BCUT2D eigenvalue weighted by Gasteiger charge is 2.28. The number of nitrogens with zero attached hydrogens (tertiary/aromatic N) is 2. The zero-order valence-corrected chi connectivity index (χ0v) is 16.2. The molecule has 1 heterocycles. The summed E-state index contributed by atoms with van der Waals surface area (Å²) in [4.78, 5) is 29.7. The van der Waals surface area contributed by atoms with Crippen LogP contribution < -0.4 is 0 Å². The van der Waals surface area contributed by atoms with Gasteiger partial charge in [-0.05, 0) is 35.8 Å². The third-order valence-electron chi connectivity index (χ3n) is 4.46. The van der Waals surface area contributed by atoms with Crippen LogP contribution in [0.4, 0.5) is 0 Å². The Labute approximate surface area is 163 Å².